The van der Waals surface area contributed by atoms with E-state index in [1.54, 1.807) is 42.5 Å². The van der Waals surface area contributed by atoms with Crippen LogP contribution in [0.3, 0.4) is 0 Å². The summed E-state index contributed by atoms with van der Waals surface area (Å²) >= 11 is 0. The molecule has 6 heteroatoms. The minimum atomic E-state index is -0.562. The number of benzene rings is 3. The quantitative estimate of drug-likeness (QED) is 0.415. The molecule has 3 rings (SSSR count). The number of nitrogens with zero attached hydrogens (tertiary/aromatic N) is 1. The zero-order chi connectivity index (χ0) is 19.4. The van der Waals surface area contributed by atoms with Gasteiger partial charge in [0.15, 0.2) is 5.78 Å². The Morgan fingerprint density at radius 2 is 1.59 bits per heavy atom. The van der Waals surface area contributed by atoms with E-state index in [4.69, 9.17) is 0 Å². The van der Waals surface area contributed by atoms with E-state index in [9.17, 15) is 19.7 Å². The van der Waals surface area contributed by atoms with Crippen molar-refractivity contribution in [1.82, 2.24) is 0 Å². The summed E-state index contributed by atoms with van der Waals surface area (Å²) in [7, 11) is 0. The summed E-state index contributed by atoms with van der Waals surface area (Å²) in [4.78, 5) is 35.7. The predicted octanol–water partition coefficient (Wildman–Crippen LogP) is 4.39. The Labute approximate surface area is 155 Å². The molecule has 6 nitrogen and oxygen atoms in total. The van der Waals surface area contributed by atoms with Crippen molar-refractivity contribution < 1.29 is 14.5 Å². The number of carbonyl (C=O) groups excluding carboxylic acids is 2. The van der Waals surface area contributed by atoms with Gasteiger partial charge >= 0.3 is 0 Å². The van der Waals surface area contributed by atoms with Gasteiger partial charge in [0.1, 0.15) is 0 Å². The number of non-ortho nitro benzene ring substituents is 1. The number of nitro benzene ring substituents is 1. The summed E-state index contributed by atoms with van der Waals surface area (Å²) in [5.74, 6) is -0.738. The maximum atomic E-state index is 12.8. The van der Waals surface area contributed by atoms with Crippen LogP contribution in [0.4, 0.5) is 11.4 Å². The first kappa shape index (κ1) is 18.0. The van der Waals surface area contributed by atoms with E-state index in [1.807, 2.05) is 13.0 Å². The van der Waals surface area contributed by atoms with Gasteiger partial charge in [-0.2, -0.15) is 0 Å². The van der Waals surface area contributed by atoms with E-state index >= 15 is 0 Å². The fraction of sp³-hybridized carbons (Fsp3) is 0.0476. The summed E-state index contributed by atoms with van der Waals surface area (Å²) in [5.41, 5.74) is 2.07. The predicted molar refractivity (Wildman–Crippen MR) is 102 cm³/mol. The van der Waals surface area contributed by atoms with E-state index in [0.717, 1.165) is 5.56 Å². The SMILES string of the molecule is Cc1ccc(NC(=O)c2cccc([N+](=O)[O-])c2)c(C(=O)c2ccccc2)c1. The number of rotatable bonds is 5. The highest BCUT2D eigenvalue weighted by molar-refractivity contribution is 6.15. The van der Waals surface area contributed by atoms with E-state index in [-0.39, 0.29) is 17.0 Å². The Bertz CT molecular complexity index is 1030. The molecule has 0 aliphatic carbocycles. The van der Waals surface area contributed by atoms with Gasteiger partial charge in [-0.3, -0.25) is 19.7 Å². The van der Waals surface area contributed by atoms with Crippen LogP contribution in [0.15, 0.2) is 72.8 Å². The average Bonchev–Trinajstić information content (AvgIpc) is 2.69. The van der Waals surface area contributed by atoms with Crippen LogP contribution in [-0.2, 0) is 0 Å². The van der Waals surface area contributed by atoms with Crippen molar-refractivity contribution in [2.75, 3.05) is 5.32 Å². The Morgan fingerprint density at radius 3 is 2.30 bits per heavy atom. The molecule has 0 bridgehead atoms. The smallest absolute Gasteiger partial charge is 0.270 e. The van der Waals surface area contributed by atoms with Crippen molar-refractivity contribution in [3.63, 3.8) is 0 Å². The molecule has 0 saturated carbocycles. The molecule has 0 aliphatic heterocycles. The lowest BCUT2D eigenvalue weighted by molar-refractivity contribution is -0.384. The summed E-state index contributed by atoms with van der Waals surface area (Å²) in [5, 5.41) is 13.6. The summed E-state index contributed by atoms with van der Waals surface area (Å²) in [6, 6.07) is 19.3. The van der Waals surface area contributed by atoms with Gasteiger partial charge in [-0.1, -0.05) is 48.0 Å². The zero-order valence-corrected chi connectivity index (χ0v) is 14.5. The fourth-order valence-corrected chi connectivity index (χ4v) is 2.66. The van der Waals surface area contributed by atoms with Gasteiger partial charge in [0.05, 0.1) is 10.6 Å². The fourth-order valence-electron chi connectivity index (χ4n) is 2.66. The number of nitrogens with one attached hydrogen (secondary N) is 1. The number of hydrogen-bond acceptors (Lipinski definition) is 4. The normalized spacial score (nSPS) is 10.3. The van der Waals surface area contributed by atoms with Crippen LogP contribution in [-0.4, -0.2) is 16.6 Å². The van der Waals surface area contributed by atoms with Gasteiger partial charge in [-0.15, -0.1) is 0 Å². The van der Waals surface area contributed by atoms with Crippen LogP contribution in [0.5, 0.6) is 0 Å². The molecule has 0 unspecified atom stereocenters. The number of aryl methyl sites for hydroxylation is 1. The van der Waals surface area contributed by atoms with Gasteiger partial charge in [0.25, 0.3) is 11.6 Å². The highest BCUT2D eigenvalue weighted by Crippen LogP contribution is 2.22. The number of hydrogen-bond donors (Lipinski definition) is 1. The first-order valence-electron chi connectivity index (χ1n) is 8.22. The largest absolute Gasteiger partial charge is 0.321 e. The Morgan fingerprint density at radius 1 is 0.889 bits per heavy atom. The molecule has 0 fully saturated rings. The molecular formula is C21H16N2O4. The summed E-state index contributed by atoms with van der Waals surface area (Å²) in [6.45, 7) is 1.86. The van der Waals surface area contributed by atoms with Crippen molar-refractivity contribution >= 4 is 23.1 Å². The van der Waals surface area contributed by atoms with Crippen LogP contribution < -0.4 is 5.32 Å². The van der Waals surface area contributed by atoms with Crippen molar-refractivity contribution in [1.29, 1.82) is 0 Å². The third-order valence-electron chi connectivity index (χ3n) is 4.02. The molecule has 3 aromatic carbocycles. The highest BCUT2D eigenvalue weighted by Gasteiger charge is 2.17. The topological polar surface area (TPSA) is 89.3 Å². The molecule has 0 spiro atoms. The molecule has 0 aliphatic rings. The Balaban J connectivity index is 1.93. The van der Waals surface area contributed by atoms with Crippen LogP contribution in [0.25, 0.3) is 0 Å². The van der Waals surface area contributed by atoms with Gasteiger partial charge in [0.2, 0.25) is 0 Å². The molecule has 0 atom stereocenters. The van der Waals surface area contributed by atoms with E-state index < -0.39 is 10.8 Å². The number of amides is 1. The lowest BCUT2D eigenvalue weighted by atomic mass is 9.99. The van der Waals surface area contributed by atoms with Crippen molar-refractivity contribution in [3.8, 4) is 0 Å². The zero-order valence-electron chi connectivity index (χ0n) is 14.5. The van der Waals surface area contributed by atoms with Crippen molar-refractivity contribution in [2.45, 2.75) is 6.92 Å². The van der Waals surface area contributed by atoms with Crippen LogP contribution >= 0.6 is 0 Å². The minimum Gasteiger partial charge on any atom is -0.321 e. The molecule has 134 valence electrons. The lowest BCUT2D eigenvalue weighted by Gasteiger charge is -2.12. The van der Waals surface area contributed by atoms with E-state index in [2.05, 4.69) is 5.32 Å². The number of nitro groups is 1. The van der Waals surface area contributed by atoms with Gasteiger partial charge in [-0.05, 0) is 25.1 Å². The van der Waals surface area contributed by atoms with Crippen molar-refractivity contribution in [2.24, 2.45) is 0 Å². The van der Waals surface area contributed by atoms with Gasteiger partial charge < -0.3 is 5.32 Å². The second-order valence-electron chi connectivity index (χ2n) is 6.01. The molecule has 3 aromatic rings. The third-order valence-corrected chi connectivity index (χ3v) is 4.02. The Hall–Kier alpha value is -3.80. The number of anilines is 1. The molecule has 27 heavy (non-hydrogen) atoms. The minimum absolute atomic E-state index is 0.142. The average molecular weight is 360 g/mol. The summed E-state index contributed by atoms with van der Waals surface area (Å²) in [6.07, 6.45) is 0. The molecule has 1 N–H and O–H groups in total. The Kier molecular flexibility index (Phi) is 5.08. The molecule has 0 saturated heterocycles. The van der Waals surface area contributed by atoms with Gasteiger partial charge in [-0.25, -0.2) is 0 Å². The van der Waals surface area contributed by atoms with Crippen LogP contribution in [0.1, 0.15) is 31.8 Å². The van der Waals surface area contributed by atoms with E-state index in [1.165, 1.54) is 24.3 Å². The molecule has 0 heterocycles. The monoisotopic (exact) mass is 360 g/mol. The second kappa shape index (κ2) is 7.61. The first-order valence-corrected chi connectivity index (χ1v) is 8.22. The van der Waals surface area contributed by atoms with Crippen LogP contribution in [0.2, 0.25) is 0 Å². The number of carbonyl (C=O) groups is 2. The molecule has 0 aromatic heterocycles. The van der Waals surface area contributed by atoms with E-state index in [0.29, 0.717) is 16.8 Å². The molecular weight excluding hydrogens is 344 g/mol. The molecule has 0 radical (unpaired) electrons. The molecule has 1 amide bonds. The van der Waals surface area contributed by atoms with Crippen LogP contribution in [0, 0.1) is 17.0 Å². The maximum Gasteiger partial charge on any atom is 0.270 e. The van der Waals surface area contributed by atoms with Gasteiger partial charge in [0, 0.05) is 28.8 Å². The first-order chi connectivity index (χ1) is 13.0. The second-order valence-corrected chi connectivity index (χ2v) is 6.01. The standard InChI is InChI=1S/C21H16N2O4/c1-14-10-11-19(18(12-14)20(24)15-6-3-2-4-7-15)22-21(25)16-8-5-9-17(13-16)23(26)27/h2-13H,1H3,(H,22,25). The lowest BCUT2D eigenvalue weighted by Crippen LogP contribution is -2.15. The third kappa shape index (κ3) is 4.07. The maximum absolute atomic E-state index is 12.8. The van der Waals surface area contributed by atoms with Crippen molar-refractivity contribution in [3.05, 3.63) is 105 Å². The number of ketones is 1. The summed E-state index contributed by atoms with van der Waals surface area (Å²) < 4.78 is 0. The highest BCUT2D eigenvalue weighted by atomic mass is 16.6.